The van der Waals surface area contributed by atoms with Crippen LogP contribution < -0.4 is 10.6 Å². The largest absolute Gasteiger partial charge is 0.326 e. The summed E-state index contributed by atoms with van der Waals surface area (Å²) in [5.74, 6) is -0.118. The van der Waals surface area contributed by atoms with E-state index < -0.39 is 0 Å². The molecule has 1 aliphatic rings. The van der Waals surface area contributed by atoms with Crippen LogP contribution in [0, 0.1) is 12.8 Å². The van der Waals surface area contributed by atoms with Crippen LogP contribution in [0.15, 0.2) is 48.5 Å². The van der Waals surface area contributed by atoms with Crippen LogP contribution >= 0.6 is 11.6 Å². The Hall–Kier alpha value is -2.53. The zero-order valence-electron chi connectivity index (χ0n) is 14.7. The van der Waals surface area contributed by atoms with E-state index in [1.54, 1.807) is 11.0 Å². The van der Waals surface area contributed by atoms with Crippen LogP contribution in [0.5, 0.6) is 0 Å². The van der Waals surface area contributed by atoms with Gasteiger partial charge >= 0.3 is 6.03 Å². The van der Waals surface area contributed by atoms with Crippen LogP contribution in [0.2, 0.25) is 5.02 Å². The molecule has 2 aromatic carbocycles. The molecule has 1 aliphatic heterocycles. The van der Waals surface area contributed by atoms with Gasteiger partial charge < -0.3 is 15.5 Å². The van der Waals surface area contributed by atoms with E-state index in [0.717, 1.165) is 16.9 Å². The van der Waals surface area contributed by atoms with Gasteiger partial charge in [0.2, 0.25) is 5.91 Å². The van der Waals surface area contributed by atoms with Gasteiger partial charge in [-0.05, 0) is 49.6 Å². The van der Waals surface area contributed by atoms with E-state index >= 15 is 0 Å². The minimum atomic E-state index is -0.124. The van der Waals surface area contributed by atoms with E-state index in [1.807, 2.05) is 49.4 Å². The number of nitrogens with one attached hydrogen (secondary N) is 2. The molecule has 0 radical (unpaired) electrons. The van der Waals surface area contributed by atoms with E-state index in [4.69, 9.17) is 11.6 Å². The van der Waals surface area contributed by atoms with Crippen molar-refractivity contribution in [2.45, 2.75) is 19.8 Å². The molecular weight excluding hydrogens is 350 g/mol. The average molecular weight is 372 g/mol. The summed E-state index contributed by atoms with van der Waals surface area (Å²) in [6, 6.07) is 14.7. The number of anilines is 2. The summed E-state index contributed by atoms with van der Waals surface area (Å²) in [7, 11) is 0. The molecule has 1 fully saturated rings. The highest BCUT2D eigenvalue weighted by atomic mass is 35.5. The van der Waals surface area contributed by atoms with Gasteiger partial charge in [-0.15, -0.1) is 0 Å². The van der Waals surface area contributed by atoms with Crippen molar-refractivity contribution in [1.29, 1.82) is 0 Å². The fourth-order valence-corrected chi connectivity index (χ4v) is 3.22. The summed E-state index contributed by atoms with van der Waals surface area (Å²) in [4.78, 5) is 26.6. The number of benzene rings is 2. The second-order valence-corrected chi connectivity index (χ2v) is 6.87. The van der Waals surface area contributed by atoms with Gasteiger partial charge in [0.15, 0.2) is 0 Å². The predicted molar refractivity (Wildman–Crippen MR) is 105 cm³/mol. The number of rotatable bonds is 3. The SMILES string of the molecule is Cc1c(Cl)cccc1NC(=O)C1CCN(C(=O)Nc2ccccc2)CC1. The molecule has 2 N–H and O–H groups in total. The molecule has 26 heavy (non-hydrogen) atoms. The molecule has 5 nitrogen and oxygen atoms in total. The summed E-state index contributed by atoms with van der Waals surface area (Å²) in [6.45, 7) is 3.00. The van der Waals surface area contributed by atoms with Crippen LogP contribution in [0.25, 0.3) is 0 Å². The first kappa shape index (κ1) is 18.3. The van der Waals surface area contributed by atoms with Gasteiger partial charge in [-0.3, -0.25) is 4.79 Å². The molecule has 6 heteroatoms. The molecule has 0 aromatic heterocycles. The lowest BCUT2D eigenvalue weighted by atomic mass is 9.96. The Labute approximate surface area is 158 Å². The number of carbonyl (C=O) groups excluding carboxylic acids is 2. The monoisotopic (exact) mass is 371 g/mol. The fourth-order valence-electron chi connectivity index (χ4n) is 3.05. The number of piperidine rings is 1. The van der Waals surface area contributed by atoms with Crippen molar-refractivity contribution in [2.24, 2.45) is 5.92 Å². The summed E-state index contributed by atoms with van der Waals surface area (Å²) in [6.07, 6.45) is 1.29. The predicted octanol–water partition coefficient (Wildman–Crippen LogP) is 4.53. The van der Waals surface area contributed by atoms with Gasteiger partial charge in [0, 0.05) is 35.4 Å². The van der Waals surface area contributed by atoms with Gasteiger partial charge in [-0.1, -0.05) is 35.9 Å². The third-order valence-electron chi connectivity index (χ3n) is 4.70. The zero-order chi connectivity index (χ0) is 18.5. The normalized spacial score (nSPS) is 14.8. The maximum atomic E-state index is 12.5. The van der Waals surface area contributed by atoms with Crippen LogP contribution in [-0.4, -0.2) is 29.9 Å². The lowest BCUT2D eigenvalue weighted by molar-refractivity contribution is -0.121. The number of likely N-dealkylation sites (tertiary alicyclic amines) is 1. The quantitative estimate of drug-likeness (QED) is 0.832. The summed E-state index contributed by atoms with van der Waals surface area (Å²) >= 11 is 6.10. The standard InChI is InChI=1S/C20H22ClN3O2/c1-14-17(21)8-5-9-18(14)23-19(25)15-10-12-24(13-11-15)20(26)22-16-6-3-2-4-7-16/h2-9,15H,10-13H2,1H3,(H,22,26)(H,23,25). The smallest absolute Gasteiger partial charge is 0.321 e. The molecule has 2 aromatic rings. The summed E-state index contributed by atoms with van der Waals surface area (Å²) in [5.41, 5.74) is 2.38. The van der Waals surface area contributed by atoms with Crippen molar-refractivity contribution < 1.29 is 9.59 Å². The number of halogens is 1. The van der Waals surface area contributed by atoms with Gasteiger partial charge in [-0.2, -0.15) is 0 Å². The summed E-state index contributed by atoms with van der Waals surface area (Å²) < 4.78 is 0. The molecule has 0 saturated carbocycles. The van der Waals surface area contributed by atoms with E-state index in [2.05, 4.69) is 10.6 Å². The number of hydrogen-bond donors (Lipinski definition) is 2. The highest BCUT2D eigenvalue weighted by Gasteiger charge is 2.27. The lowest BCUT2D eigenvalue weighted by Crippen LogP contribution is -2.43. The van der Waals surface area contributed by atoms with E-state index in [9.17, 15) is 9.59 Å². The molecule has 136 valence electrons. The van der Waals surface area contributed by atoms with Crippen molar-refractivity contribution in [3.05, 3.63) is 59.1 Å². The number of urea groups is 1. The highest BCUT2D eigenvalue weighted by molar-refractivity contribution is 6.31. The molecule has 3 amide bonds. The molecule has 3 rings (SSSR count). The average Bonchev–Trinajstić information content (AvgIpc) is 2.66. The lowest BCUT2D eigenvalue weighted by Gasteiger charge is -2.31. The van der Waals surface area contributed by atoms with Crippen molar-refractivity contribution in [2.75, 3.05) is 23.7 Å². The maximum absolute atomic E-state index is 12.5. The first-order valence-corrected chi connectivity index (χ1v) is 9.09. The summed E-state index contributed by atoms with van der Waals surface area (Å²) in [5, 5.41) is 6.48. The first-order chi connectivity index (χ1) is 12.5. The molecule has 0 unspecified atom stereocenters. The maximum Gasteiger partial charge on any atom is 0.321 e. The second kappa shape index (κ2) is 8.23. The minimum absolute atomic E-state index is 0.0153. The first-order valence-electron chi connectivity index (χ1n) is 8.71. The Morgan fingerprint density at radius 3 is 2.38 bits per heavy atom. The zero-order valence-corrected chi connectivity index (χ0v) is 15.4. The number of hydrogen-bond acceptors (Lipinski definition) is 2. The Morgan fingerprint density at radius 2 is 1.69 bits per heavy atom. The van der Waals surface area contributed by atoms with E-state index in [0.29, 0.717) is 31.0 Å². The van der Waals surface area contributed by atoms with Crippen LogP contribution in [0.4, 0.5) is 16.2 Å². The van der Waals surface area contributed by atoms with E-state index in [1.165, 1.54) is 0 Å². The molecular formula is C20H22ClN3O2. The number of amides is 3. The highest BCUT2D eigenvalue weighted by Crippen LogP contribution is 2.25. The number of para-hydroxylation sites is 1. The van der Waals surface area contributed by atoms with Crippen molar-refractivity contribution in [3.63, 3.8) is 0 Å². The van der Waals surface area contributed by atoms with Crippen LogP contribution in [0.3, 0.4) is 0 Å². The number of carbonyl (C=O) groups is 2. The second-order valence-electron chi connectivity index (χ2n) is 6.46. The Morgan fingerprint density at radius 1 is 1.00 bits per heavy atom. The Bertz CT molecular complexity index is 787. The van der Waals surface area contributed by atoms with Gasteiger partial charge in [0.25, 0.3) is 0 Å². The fraction of sp³-hybridized carbons (Fsp3) is 0.300. The van der Waals surface area contributed by atoms with Crippen LogP contribution in [0.1, 0.15) is 18.4 Å². The molecule has 1 saturated heterocycles. The molecule has 0 spiro atoms. The van der Waals surface area contributed by atoms with E-state index in [-0.39, 0.29) is 17.9 Å². The van der Waals surface area contributed by atoms with Crippen molar-refractivity contribution in [3.8, 4) is 0 Å². The molecule has 1 heterocycles. The Balaban J connectivity index is 1.52. The molecule has 0 atom stereocenters. The third kappa shape index (κ3) is 4.35. The number of nitrogens with zero attached hydrogens (tertiary/aromatic N) is 1. The minimum Gasteiger partial charge on any atom is -0.326 e. The topological polar surface area (TPSA) is 61.4 Å². The third-order valence-corrected chi connectivity index (χ3v) is 5.11. The van der Waals surface area contributed by atoms with Gasteiger partial charge in [-0.25, -0.2) is 4.79 Å². The van der Waals surface area contributed by atoms with Crippen molar-refractivity contribution >= 4 is 34.9 Å². The van der Waals surface area contributed by atoms with Crippen LogP contribution in [-0.2, 0) is 4.79 Å². The Kier molecular flexibility index (Phi) is 5.78. The van der Waals surface area contributed by atoms with Gasteiger partial charge in [0.05, 0.1) is 0 Å². The van der Waals surface area contributed by atoms with Crippen molar-refractivity contribution in [1.82, 2.24) is 4.90 Å². The molecule has 0 aliphatic carbocycles. The molecule has 0 bridgehead atoms. The van der Waals surface area contributed by atoms with Gasteiger partial charge in [0.1, 0.15) is 0 Å².